The molecular formula is C15H12N2O3S. The Kier molecular flexibility index (Phi) is 3.45. The van der Waals surface area contributed by atoms with Crippen LogP contribution in [0.3, 0.4) is 0 Å². The molecule has 0 spiro atoms. The van der Waals surface area contributed by atoms with Crippen molar-refractivity contribution in [1.29, 1.82) is 0 Å². The highest BCUT2D eigenvalue weighted by atomic mass is 32.1. The molecule has 3 rings (SSSR count). The molecule has 2 aromatic rings. The van der Waals surface area contributed by atoms with Gasteiger partial charge < -0.3 is 14.8 Å². The third-order valence-corrected chi connectivity index (χ3v) is 3.42. The number of amides is 1. The van der Waals surface area contributed by atoms with Crippen molar-refractivity contribution in [1.82, 2.24) is 10.2 Å². The topological polar surface area (TPSA) is 65.7 Å². The summed E-state index contributed by atoms with van der Waals surface area (Å²) >= 11 is 5.17. The molecule has 106 valence electrons. The van der Waals surface area contributed by atoms with Crippen molar-refractivity contribution in [2.45, 2.75) is 6.54 Å². The number of nitrogens with one attached hydrogen (secondary N) is 1. The monoisotopic (exact) mass is 300 g/mol. The van der Waals surface area contributed by atoms with E-state index in [0.717, 1.165) is 0 Å². The predicted molar refractivity (Wildman–Crippen MR) is 81.1 cm³/mol. The van der Waals surface area contributed by atoms with Crippen molar-refractivity contribution in [2.75, 3.05) is 0 Å². The number of hydrogen-bond acceptors (Lipinski definition) is 4. The van der Waals surface area contributed by atoms with Gasteiger partial charge in [-0.1, -0.05) is 18.2 Å². The molecule has 21 heavy (non-hydrogen) atoms. The average Bonchev–Trinajstić information content (AvgIpc) is 3.06. The van der Waals surface area contributed by atoms with Crippen molar-refractivity contribution >= 4 is 29.3 Å². The highest BCUT2D eigenvalue weighted by Gasteiger charge is 2.31. The van der Waals surface area contributed by atoms with Gasteiger partial charge in [-0.3, -0.25) is 9.69 Å². The molecule has 1 fully saturated rings. The molecule has 0 aliphatic carbocycles. The number of furan rings is 1. The Labute approximate surface area is 126 Å². The Morgan fingerprint density at radius 1 is 1.29 bits per heavy atom. The largest absolute Gasteiger partial charge is 0.507 e. The van der Waals surface area contributed by atoms with Crippen LogP contribution in [0.2, 0.25) is 0 Å². The van der Waals surface area contributed by atoms with Crippen LogP contribution in [0.1, 0.15) is 11.3 Å². The summed E-state index contributed by atoms with van der Waals surface area (Å²) in [5, 5.41) is 12.9. The predicted octanol–water partition coefficient (Wildman–Crippen LogP) is 2.24. The van der Waals surface area contributed by atoms with Crippen molar-refractivity contribution < 1.29 is 14.3 Å². The number of phenols is 1. The van der Waals surface area contributed by atoms with Crippen LogP contribution in [0.25, 0.3) is 6.08 Å². The van der Waals surface area contributed by atoms with E-state index >= 15 is 0 Å². The van der Waals surface area contributed by atoms with Crippen molar-refractivity contribution in [2.24, 2.45) is 0 Å². The standard InChI is InChI=1S/C15H12N2O3S/c18-13-6-2-1-4-10(13)8-12-14(19)17(15(21)16-12)9-11-5-3-7-20-11/h1-8,18H,9H2,(H,16,21)/b12-8-. The van der Waals surface area contributed by atoms with Crippen LogP contribution >= 0.6 is 12.2 Å². The van der Waals surface area contributed by atoms with Crippen LogP contribution in [0.4, 0.5) is 0 Å². The maximum absolute atomic E-state index is 12.3. The molecule has 1 aromatic carbocycles. The zero-order chi connectivity index (χ0) is 14.8. The quantitative estimate of drug-likeness (QED) is 0.672. The Bertz CT molecular complexity index is 722. The zero-order valence-corrected chi connectivity index (χ0v) is 11.8. The number of hydrogen-bond donors (Lipinski definition) is 2. The Balaban J connectivity index is 1.85. The fourth-order valence-electron chi connectivity index (χ4n) is 2.04. The second kappa shape index (κ2) is 5.41. The molecule has 2 N–H and O–H groups in total. The van der Waals surface area contributed by atoms with Crippen LogP contribution in [0, 0.1) is 0 Å². The minimum atomic E-state index is -0.250. The number of aromatic hydroxyl groups is 1. The fourth-order valence-corrected chi connectivity index (χ4v) is 2.30. The lowest BCUT2D eigenvalue weighted by molar-refractivity contribution is -0.122. The third kappa shape index (κ3) is 2.66. The van der Waals surface area contributed by atoms with Crippen molar-refractivity contribution in [3.63, 3.8) is 0 Å². The van der Waals surface area contributed by atoms with E-state index in [1.165, 1.54) is 4.90 Å². The molecule has 1 saturated heterocycles. The van der Waals surface area contributed by atoms with E-state index in [1.807, 2.05) is 0 Å². The van der Waals surface area contributed by atoms with Crippen LogP contribution in [0.5, 0.6) is 5.75 Å². The van der Waals surface area contributed by atoms with Crippen molar-refractivity contribution in [3.8, 4) is 5.75 Å². The summed E-state index contributed by atoms with van der Waals surface area (Å²) in [5.74, 6) is 0.506. The lowest BCUT2D eigenvalue weighted by Gasteiger charge is -2.11. The fraction of sp³-hybridized carbons (Fsp3) is 0.0667. The first-order valence-electron chi connectivity index (χ1n) is 6.30. The number of phenolic OH excluding ortho intramolecular Hbond substituents is 1. The van der Waals surface area contributed by atoms with Crippen LogP contribution in [-0.2, 0) is 11.3 Å². The number of thiocarbonyl (C=S) groups is 1. The van der Waals surface area contributed by atoms with E-state index in [4.69, 9.17) is 16.6 Å². The molecule has 0 unspecified atom stereocenters. The number of carbonyl (C=O) groups is 1. The van der Waals surface area contributed by atoms with Gasteiger partial charge in [0, 0.05) is 5.56 Å². The highest BCUT2D eigenvalue weighted by Crippen LogP contribution is 2.22. The number of para-hydroxylation sites is 1. The first-order chi connectivity index (χ1) is 10.1. The lowest BCUT2D eigenvalue weighted by Crippen LogP contribution is -2.29. The van der Waals surface area contributed by atoms with E-state index in [9.17, 15) is 9.90 Å². The Morgan fingerprint density at radius 2 is 2.10 bits per heavy atom. The molecule has 1 aliphatic rings. The van der Waals surface area contributed by atoms with Gasteiger partial charge in [-0.05, 0) is 36.5 Å². The SMILES string of the molecule is O=C1/C(=C/c2ccccc2O)NC(=S)N1Cc1ccco1. The van der Waals surface area contributed by atoms with Gasteiger partial charge in [-0.15, -0.1) is 0 Å². The first-order valence-corrected chi connectivity index (χ1v) is 6.71. The number of nitrogens with zero attached hydrogens (tertiary/aromatic N) is 1. The summed E-state index contributed by atoms with van der Waals surface area (Å²) in [5.41, 5.74) is 0.879. The molecule has 6 heteroatoms. The molecule has 1 amide bonds. The van der Waals surface area contributed by atoms with Gasteiger partial charge in [-0.25, -0.2) is 0 Å². The summed E-state index contributed by atoms with van der Waals surface area (Å²) in [7, 11) is 0. The molecule has 5 nitrogen and oxygen atoms in total. The van der Waals surface area contributed by atoms with Gasteiger partial charge >= 0.3 is 0 Å². The van der Waals surface area contributed by atoms with E-state index in [2.05, 4.69) is 5.32 Å². The molecule has 0 saturated carbocycles. The number of benzene rings is 1. The maximum Gasteiger partial charge on any atom is 0.276 e. The minimum Gasteiger partial charge on any atom is -0.507 e. The van der Waals surface area contributed by atoms with Crippen LogP contribution in [-0.4, -0.2) is 21.0 Å². The maximum atomic E-state index is 12.3. The smallest absolute Gasteiger partial charge is 0.276 e. The summed E-state index contributed by atoms with van der Waals surface area (Å²) in [6, 6.07) is 10.3. The molecule has 1 aromatic heterocycles. The van der Waals surface area contributed by atoms with Gasteiger partial charge in [-0.2, -0.15) is 0 Å². The van der Waals surface area contributed by atoms with Gasteiger partial charge in [0.15, 0.2) is 5.11 Å². The number of carbonyl (C=O) groups excluding carboxylic acids is 1. The van der Waals surface area contributed by atoms with E-state index in [-0.39, 0.29) is 18.2 Å². The second-order valence-electron chi connectivity index (χ2n) is 4.52. The summed E-state index contributed by atoms with van der Waals surface area (Å²) < 4.78 is 5.22. The minimum absolute atomic E-state index is 0.106. The summed E-state index contributed by atoms with van der Waals surface area (Å²) in [6.45, 7) is 0.274. The van der Waals surface area contributed by atoms with Gasteiger partial charge in [0.2, 0.25) is 0 Å². The van der Waals surface area contributed by atoms with Gasteiger partial charge in [0.25, 0.3) is 5.91 Å². The van der Waals surface area contributed by atoms with E-state index < -0.39 is 0 Å². The molecule has 0 radical (unpaired) electrons. The first kappa shape index (κ1) is 13.4. The van der Waals surface area contributed by atoms with Crippen LogP contribution in [0.15, 0.2) is 52.8 Å². The second-order valence-corrected chi connectivity index (χ2v) is 4.90. The van der Waals surface area contributed by atoms with E-state index in [0.29, 0.717) is 22.1 Å². The third-order valence-electron chi connectivity index (χ3n) is 3.09. The lowest BCUT2D eigenvalue weighted by atomic mass is 10.1. The van der Waals surface area contributed by atoms with Crippen LogP contribution < -0.4 is 5.32 Å². The molecule has 1 aliphatic heterocycles. The molecule has 0 bridgehead atoms. The van der Waals surface area contributed by atoms with Gasteiger partial charge in [0.1, 0.15) is 17.2 Å². The Hall–Kier alpha value is -2.60. The Morgan fingerprint density at radius 3 is 2.81 bits per heavy atom. The molecule has 2 heterocycles. The molecule has 0 atom stereocenters. The highest BCUT2D eigenvalue weighted by molar-refractivity contribution is 7.80. The van der Waals surface area contributed by atoms with Crippen molar-refractivity contribution in [3.05, 3.63) is 59.7 Å². The van der Waals surface area contributed by atoms with Gasteiger partial charge in [0.05, 0.1) is 12.8 Å². The van der Waals surface area contributed by atoms with E-state index in [1.54, 1.807) is 48.7 Å². The molecular weight excluding hydrogens is 288 g/mol. The average molecular weight is 300 g/mol. The zero-order valence-electron chi connectivity index (χ0n) is 10.9. The summed E-state index contributed by atoms with van der Waals surface area (Å²) in [6.07, 6.45) is 3.12. The normalized spacial score (nSPS) is 16.6. The summed E-state index contributed by atoms with van der Waals surface area (Å²) in [4.78, 5) is 13.8. The number of rotatable bonds is 3.